The molecule has 3 nitrogen and oxygen atoms in total. The lowest BCUT2D eigenvalue weighted by molar-refractivity contribution is 0.122. The van der Waals surface area contributed by atoms with Crippen molar-refractivity contribution < 1.29 is 9.84 Å². The molecule has 2 atom stereocenters. The summed E-state index contributed by atoms with van der Waals surface area (Å²) in [6, 6.07) is 0.168. The molecule has 1 saturated heterocycles. The quantitative estimate of drug-likeness (QED) is 0.596. The predicted octanol–water partition coefficient (Wildman–Crippen LogP) is 0.526. The number of hydrogen-bond donors (Lipinski definition) is 2. The minimum atomic E-state index is -0.299. The van der Waals surface area contributed by atoms with Gasteiger partial charge in [0.05, 0.1) is 25.4 Å². The van der Waals surface area contributed by atoms with Crippen molar-refractivity contribution in [2.75, 3.05) is 19.8 Å². The van der Waals surface area contributed by atoms with Gasteiger partial charge in [0.15, 0.2) is 0 Å². The van der Waals surface area contributed by atoms with Gasteiger partial charge < -0.3 is 15.2 Å². The second-order valence-corrected chi connectivity index (χ2v) is 3.37. The molecule has 72 valence electrons. The summed E-state index contributed by atoms with van der Waals surface area (Å²) in [5.41, 5.74) is 0. The lowest BCUT2D eigenvalue weighted by atomic mass is 10.2. The number of nitrogens with one attached hydrogen (secondary N) is 1. The first-order valence-electron chi connectivity index (χ1n) is 4.83. The van der Waals surface area contributed by atoms with E-state index in [4.69, 9.17) is 4.74 Å². The second kappa shape index (κ2) is 5.51. The summed E-state index contributed by atoms with van der Waals surface area (Å²) in [7, 11) is 0. The highest BCUT2D eigenvalue weighted by molar-refractivity contribution is 4.80. The van der Waals surface area contributed by atoms with Crippen molar-refractivity contribution in [1.29, 1.82) is 0 Å². The third kappa shape index (κ3) is 3.09. The molecule has 12 heavy (non-hydrogen) atoms. The van der Waals surface area contributed by atoms with Crippen LogP contribution in [0.15, 0.2) is 0 Å². The Morgan fingerprint density at radius 2 is 2.25 bits per heavy atom. The SMILES string of the molecule is CCCCCN[C@H]1COC[C@H]1O. The molecule has 0 aromatic carbocycles. The molecule has 1 heterocycles. The number of hydrogen-bond acceptors (Lipinski definition) is 3. The molecule has 2 N–H and O–H groups in total. The van der Waals surface area contributed by atoms with E-state index >= 15 is 0 Å². The molecule has 1 aliphatic heterocycles. The van der Waals surface area contributed by atoms with Gasteiger partial charge in [-0.05, 0) is 13.0 Å². The van der Waals surface area contributed by atoms with Crippen LogP contribution in [0, 0.1) is 0 Å². The van der Waals surface area contributed by atoms with Gasteiger partial charge in [0.1, 0.15) is 0 Å². The van der Waals surface area contributed by atoms with Gasteiger partial charge >= 0.3 is 0 Å². The van der Waals surface area contributed by atoms with Crippen molar-refractivity contribution >= 4 is 0 Å². The van der Waals surface area contributed by atoms with Crippen LogP contribution < -0.4 is 5.32 Å². The molecule has 0 bridgehead atoms. The number of aliphatic hydroxyl groups excluding tert-OH is 1. The first-order valence-corrected chi connectivity index (χ1v) is 4.83. The average molecular weight is 173 g/mol. The molecule has 0 unspecified atom stereocenters. The van der Waals surface area contributed by atoms with Crippen molar-refractivity contribution in [2.45, 2.75) is 38.3 Å². The highest BCUT2D eigenvalue weighted by Gasteiger charge is 2.24. The standard InChI is InChI=1S/C9H19NO2/c1-2-3-4-5-10-8-6-12-7-9(8)11/h8-11H,2-7H2,1H3/t8-,9+/m0/s1. The average Bonchev–Trinajstić information content (AvgIpc) is 2.46. The van der Waals surface area contributed by atoms with Gasteiger partial charge in [-0.3, -0.25) is 0 Å². The van der Waals surface area contributed by atoms with Crippen LogP contribution >= 0.6 is 0 Å². The van der Waals surface area contributed by atoms with Gasteiger partial charge in [-0.15, -0.1) is 0 Å². The normalized spacial score (nSPS) is 29.5. The maximum absolute atomic E-state index is 9.36. The molecule has 0 aromatic rings. The largest absolute Gasteiger partial charge is 0.389 e. The Morgan fingerprint density at radius 1 is 1.42 bits per heavy atom. The Morgan fingerprint density at radius 3 is 2.83 bits per heavy atom. The zero-order valence-electron chi connectivity index (χ0n) is 7.75. The molecule has 0 radical (unpaired) electrons. The van der Waals surface area contributed by atoms with E-state index < -0.39 is 0 Å². The van der Waals surface area contributed by atoms with E-state index in [1.54, 1.807) is 0 Å². The van der Waals surface area contributed by atoms with Crippen LogP contribution in [0.1, 0.15) is 26.2 Å². The molecule has 0 spiro atoms. The maximum atomic E-state index is 9.36. The molecule has 0 aliphatic carbocycles. The summed E-state index contributed by atoms with van der Waals surface area (Å²) in [6.07, 6.45) is 3.40. The monoisotopic (exact) mass is 173 g/mol. The second-order valence-electron chi connectivity index (χ2n) is 3.37. The lowest BCUT2D eigenvalue weighted by Crippen LogP contribution is -2.39. The van der Waals surface area contributed by atoms with E-state index in [1.807, 2.05) is 0 Å². The van der Waals surface area contributed by atoms with Gasteiger partial charge in [-0.1, -0.05) is 19.8 Å². The van der Waals surface area contributed by atoms with Gasteiger partial charge in [0, 0.05) is 0 Å². The van der Waals surface area contributed by atoms with Crippen LogP contribution in [-0.4, -0.2) is 37.0 Å². The zero-order valence-corrected chi connectivity index (χ0v) is 7.75. The number of ether oxygens (including phenoxy) is 1. The first kappa shape index (κ1) is 9.96. The molecule has 3 heteroatoms. The number of unbranched alkanes of at least 4 members (excludes halogenated alkanes) is 2. The van der Waals surface area contributed by atoms with Crippen LogP contribution in [0.2, 0.25) is 0 Å². The number of rotatable bonds is 5. The summed E-state index contributed by atoms with van der Waals surface area (Å²) < 4.78 is 5.11. The van der Waals surface area contributed by atoms with E-state index in [2.05, 4.69) is 12.2 Å². The summed E-state index contributed by atoms with van der Waals surface area (Å²) in [4.78, 5) is 0. The minimum Gasteiger partial charge on any atom is -0.389 e. The van der Waals surface area contributed by atoms with E-state index in [-0.39, 0.29) is 12.1 Å². The van der Waals surface area contributed by atoms with Crippen LogP contribution in [0.25, 0.3) is 0 Å². The maximum Gasteiger partial charge on any atom is 0.0948 e. The molecular formula is C9H19NO2. The van der Waals surface area contributed by atoms with Crippen molar-refractivity contribution in [3.05, 3.63) is 0 Å². The molecule has 1 rings (SSSR count). The molecule has 1 fully saturated rings. The van der Waals surface area contributed by atoms with Gasteiger partial charge in [0.2, 0.25) is 0 Å². The Balaban J connectivity index is 1.98. The van der Waals surface area contributed by atoms with Crippen LogP contribution in [0.3, 0.4) is 0 Å². The fourth-order valence-corrected chi connectivity index (χ4v) is 1.40. The highest BCUT2D eigenvalue weighted by Crippen LogP contribution is 2.05. The minimum absolute atomic E-state index is 0.168. The van der Waals surface area contributed by atoms with Crippen LogP contribution in [0.4, 0.5) is 0 Å². The lowest BCUT2D eigenvalue weighted by Gasteiger charge is -2.13. The zero-order chi connectivity index (χ0) is 8.81. The van der Waals surface area contributed by atoms with Gasteiger partial charge in [-0.2, -0.15) is 0 Å². The highest BCUT2D eigenvalue weighted by atomic mass is 16.5. The third-order valence-electron chi connectivity index (χ3n) is 2.24. The number of aliphatic hydroxyl groups is 1. The Bertz CT molecular complexity index is 119. The Kier molecular flexibility index (Phi) is 4.58. The van der Waals surface area contributed by atoms with E-state index in [0.717, 1.165) is 6.54 Å². The summed E-state index contributed by atoms with van der Waals surface area (Å²) >= 11 is 0. The van der Waals surface area contributed by atoms with Crippen LogP contribution in [0.5, 0.6) is 0 Å². The molecule has 1 aliphatic rings. The first-order chi connectivity index (χ1) is 5.84. The predicted molar refractivity (Wildman–Crippen MR) is 48.1 cm³/mol. The van der Waals surface area contributed by atoms with E-state index in [1.165, 1.54) is 19.3 Å². The molecule has 0 amide bonds. The third-order valence-corrected chi connectivity index (χ3v) is 2.24. The van der Waals surface area contributed by atoms with Gasteiger partial charge in [0.25, 0.3) is 0 Å². The fraction of sp³-hybridized carbons (Fsp3) is 1.00. The van der Waals surface area contributed by atoms with Crippen molar-refractivity contribution in [1.82, 2.24) is 5.32 Å². The molecule has 0 saturated carbocycles. The van der Waals surface area contributed by atoms with Gasteiger partial charge in [-0.25, -0.2) is 0 Å². The fourth-order valence-electron chi connectivity index (χ4n) is 1.40. The van der Waals surface area contributed by atoms with E-state index in [9.17, 15) is 5.11 Å². The topological polar surface area (TPSA) is 41.5 Å². The smallest absolute Gasteiger partial charge is 0.0948 e. The molecular weight excluding hydrogens is 154 g/mol. The van der Waals surface area contributed by atoms with E-state index in [0.29, 0.717) is 13.2 Å². The van der Waals surface area contributed by atoms with Crippen molar-refractivity contribution in [3.8, 4) is 0 Å². The van der Waals surface area contributed by atoms with Crippen molar-refractivity contribution in [2.24, 2.45) is 0 Å². The van der Waals surface area contributed by atoms with Crippen LogP contribution in [-0.2, 0) is 4.74 Å². The Hall–Kier alpha value is -0.120. The summed E-state index contributed by atoms with van der Waals surface area (Å²) in [5.74, 6) is 0. The Labute approximate surface area is 74.1 Å². The van der Waals surface area contributed by atoms with Crippen molar-refractivity contribution in [3.63, 3.8) is 0 Å². The summed E-state index contributed by atoms with van der Waals surface area (Å²) in [5, 5.41) is 12.6. The summed E-state index contributed by atoms with van der Waals surface area (Å²) in [6.45, 7) is 4.34. The molecule has 0 aromatic heterocycles.